The molecule has 76 valence electrons. The van der Waals surface area contributed by atoms with E-state index in [0.717, 1.165) is 10.4 Å². The normalized spacial score (nSPS) is 15.3. The Morgan fingerprint density at radius 3 is 2.40 bits per heavy atom. The summed E-state index contributed by atoms with van der Waals surface area (Å²) >= 11 is 16.6. The maximum absolute atomic E-state index is 5.68. The summed E-state index contributed by atoms with van der Waals surface area (Å²) < 4.78 is 0. The van der Waals surface area contributed by atoms with Crippen LogP contribution in [0.25, 0.3) is 5.57 Å². The van der Waals surface area contributed by atoms with Gasteiger partial charge in [0.1, 0.15) is 0 Å². The van der Waals surface area contributed by atoms with Gasteiger partial charge in [-0.25, -0.2) is 0 Å². The van der Waals surface area contributed by atoms with E-state index in [0.29, 0.717) is 12.2 Å². The molecule has 0 aromatic carbocycles. The van der Waals surface area contributed by atoms with Gasteiger partial charge in [0.05, 0.1) is 0 Å². The van der Waals surface area contributed by atoms with Gasteiger partial charge < -0.3 is 0 Å². The zero-order chi connectivity index (χ0) is 10.8. The van der Waals surface area contributed by atoms with Gasteiger partial charge in [0.15, 0.2) is 5.82 Å². The van der Waals surface area contributed by atoms with E-state index in [9.17, 15) is 0 Å². The van der Waals surface area contributed by atoms with Crippen LogP contribution in [0.2, 0.25) is 10.6 Å². The van der Waals surface area contributed by atoms with Crippen LogP contribution in [0.3, 0.4) is 0 Å². The Morgan fingerprint density at radius 2 is 1.80 bits per heavy atom. The molecule has 3 nitrogen and oxygen atoms in total. The van der Waals surface area contributed by atoms with Crippen molar-refractivity contribution in [3.05, 3.63) is 34.6 Å². The fourth-order valence-electron chi connectivity index (χ4n) is 1.19. The van der Waals surface area contributed by atoms with Crippen molar-refractivity contribution in [3.8, 4) is 0 Å². The lowest BCUT2D eigenvalue weighted by atomic mass is 10.0. The predicted molar refractivity (Wildman–Crippen MR) is 64.2 cm³/mol. The van der Waals surface area contributed by atoms with Gasteiger partial charge in [-0.3, -0.25) is 0 Å². The number of rotatable bonds is 1. The zero-order valence-electron chi connectivity index (χ0n) is 7.44. The molecule has 0 aliphatic heterocycles. The molecule has 0 atom stereocenters. The first kappa shape index (κ1) is 10.7. The second kappa shape index (κ2) is 4.35. The van der Waals surface area contributed by atoms with E-state index in [2.05, 4.69) is 15.0 Å². The Labute approximate surface area is 102 Å². The summed E-state index contributed by atoms with van der Waals surface area (Å²) in [5, 5.41) is 0.145. The first-order valence-corrected chi connectivity index (χ1v) is 5.31. The van der Waals surface area contributed by atoms with E-state index in [1.165, 1.54) is 0 Å². The summed E-state index contributed by atoms with van der Waals surface area (Å²) in [5.74, 6) is 0.425. The number of halogens is 2. The minimum Gasteiger partial charge on any atom is -0.198 e. The number of aromatic nitrogens is 3. The highest BCUT2D eigenvalue weighted by Crippen LogP contribution is 2.20. The molecular formula is C9H5Cl2N3S. The lowest BCUT2D eigenvalue weighted by Gasteiger charge is -2.08. The first-order valence-electron chi connectivity index (χ1n) is 4.14. The van der Waals surface area contributed by atoms with Crippen LogP contribution in [0.4, 0.5) is 0 Å². The lowest BCUT2D eigenvalue weighted by Crippen LogP contribution is -2.06. The van der Waals surface area contributed by atoms with Crippen LogP contribution in [-0.4, -0.2) is 19.8 Å². The van der Waals surface area contributed by atoms with Crippen LogP contribution in [-0.2, 0) is 0 Å². The molecule has 0 saturated heterocycles. The average molecular weight is 258 g/mol. The van der Waals surface area contributed by atoms with Crippen LogP contribution >= 0.6 is 35.4 Å². The highest BCUT2D eigenvalue weighted by molar-refractivity contribution is 7.81. The molecular weight excluding hydrogens is 253 g/mol. The van der Waals surface area contributed by atoms with E-state index in [-0.39, 0.29) is 10.6 Å². The number of thiocarbonyl (C=S) groups is 1. The number of nitrogens with zero attached hydrogens (tertiary/aromatic N) is 3. The molecule has 0 amide bonds. The Bertz CT molecular complexity index is 462. The quantitative estimate of drug-likeness (QED) is 0.726. The summed E-state index contributed by atoms with van der Waals surface area (Å²) in [6, 6.07) is 0. The van der Waals surface area contributed by atoms with Gasteiger partial charge in [-0.2, -0.15) is 15.0 Å². The second-order valence-corrected chi connectivity index (χ2v) is 4.00. The third-order valence-electron chi connectivity index (χ3n) is 1.82. The maximum Gasteiger partial charge on any atom is 0.227 e. The first-order chi connectivity index (χ1) is 7.16. The fourth-order valence-corrected chi connectivity index (χ4v) is 1.81. The van der Waals surface area contributed by atoms with Crippen LogP contribution in [0.5, 0.6) is 0 Å². The summed E-state index contributed by atoms with van der Waals surface area (Å²) in [4.78, 5) is 12.4. The molecule has 2 rings (SSSR count). The van der Waals surface area contributed by atoms with Gasteiger partial charge in [0.25, 0.3) is 0 Å². The molecule has 1 aliphatic carbocycles. The van der Waals surface area contributed by atoms with Gasteiger partial charge >= 0.3 is 0 Å². The van der Waals surface area contributed by atoms with Crippen LogP contribution < -0.4 is 0 Å². The minimum absolute atomic E-state index is 0.0725. The third kappa shape index (κ3) is 2.40. The molecule has 1 aromatic heterocycles. The Kier molecular flexibility index (Phi) is 3.09. The highest BCUT2D eigenvalue weighted by Gasteiger charge is 2.13. The smallest absolute Gasteiger partial charge is 0.198 e. The Hall–Kier alpha value is -0.840. The van der Waals surface area contributed by atoms with Gasteiger partial charge in [-0.15, -0.1) is 0 Å². The summed E-state index contributed by atoms with van der Waals surface area (Å²) in [5.41, 5.74) is 0.777. The lowest BCUT2D eigenvalue weighted by molar-refractivity contribution is 1.02. The minimum atomic E-state index is 0.0725. The molecule has 0 spiro atoms. The van der Waals surface area contributed by atoms with Gasteiger partial charge in [0.2, 0.25) is 10.6 Å². The number of allylic oxidation sites excluding steroid dienone is 4. The van der Waals surface area contributed by atoms with Crippen molar-refractivity contribution in [3.63, 3.8) is 0 Å². The average Bonchev–Trinajstić information content (AvgIpc) is 2.16. The van der Waals surface area contributed by atoms with Crippen molar-refractivity contribution in [2.45, 2.75) is 6.42 Å². The third-order valence-corrected chi connectivity index (χ3v) is 2.55. The summed E-state index contributed by atoms with van der Waals surface area (Å²) in [7, 11) is 0. The van der Waals surface area contributed by atoms with Crippen molar-refractivity contribution in [2.75, 3.05) is 0 Å². The molecule has 15 heavy (non-hydrogen) atoms. The monoisotopic (exact) mass is 257 g/mol. The van der Waals surface area contributed by atoms with E-state index < -0.39 is 0 Å². The Morgan fingerprint density at radius 1 is 1.13 bits per heavy atom. The SMILES string of the molecule is S=C1CC=CC=C1c1nc(Cl)nc(Cl)n1. The van der Waals surface area contributed by atoms with Crippen LogP contribution in [0.1, 0.15) is 12.2 Å². The highest BCUT2D eigenvalue weighted by atomic mass is 35.5. The molecule has 0 N–H and O–H groups in total. The van der Waals surface area contributed by atoms with Crippen LogP contribution in [0.15, 0.2) is 18.2 Å². The van der Waals surface area contributed by atoms with E-state index in [1.54, 1.807) is 0 Å². The van der Waals surface area contributed by atoms with Crippen molar-refractivity contribution in [1.29, 1.82) is 0 Å². The maximum atomic E-state index is 5.68. The molecule has 0 fully saturated rings. The second-order valence-electron chi connectivity index (χ2n) is 2.83. The molecule has 6 heteroatoms. The topological polar surface area (TPSA) is 38.7 Å². The molecule has 1 heterocycles. The van der Waals surface area contributed by atoms with E-state index in [1.807, 2.05) is 18.2 Å². The molecule has 0 radical (unpaired) electrons. The molecule has 0 saturated carbocycles. The van der Waals surface area contributed by atoms with Crippen molar-refractivity contribution in [1.82, 2.24) is 15.0 Å². The Balaban J connectivity index is 2.49. The fraction of sp³-hybridized carbons (Fsp3) is 0.111. The molecule has 1 aliphatic rings. The van der Waals surface area contributed by atoms with E-state index >= 15 is 0 Å². The predicted octanol–water partition coefficient (Wildman–Crippen LogP) is 2.89. The van der Waals surface area contributed by atoms with Gasteiger partial charge in [-0.05, 0) is 23.2 Å². The zero-order valence-corrected chi connectivity index (χ0v) is 9.77. The summed E-state index contributed by atoms with van der Waals surface area (Å²) in [6.07, 6.45) is 6.42. The van der Waals surface area contributed by atoms with Crippen molar-refractivity contribution in [2.24, 2.45) is 0 Å². The molecule has 0 bridgehead atoms. The van der Waals surface area contributed by atoms with Crippen molar-refractivity contribution >= 4 is 45.9 Å². The van der Waals surface area contributed by atoms with Crippen molar-refractivity contribution < 1.29 is 0 Å². The largest absolute Gasteiger partial charge is 0.227 e. The number of hydrogen-bond acceptors (Lipinski definition) is 4. The summed E-state index contributed by atoms with van der Waals surface area (Å²) in [6.45, 7) is 0. The molecule has 0 unspecified atom stereocenters. The van der Waals surface area contributed by atoms with Gasteiger partial charge in [-0.1, -0.05) is 30.4 Å². The van der Waals surface area contributed by atoms with E-state index in [4.69, 9.17) is 35.4 Å². The van der Waals surface area contributed by atoms with Gasteiger partial charge in [0, 0.05) is 16.9 Å². The standard InChI is InChI=1S/C9H5Cl2N3S/c10-8-12-7(13-9(11)14-8)5-3-1-2-4-6(5)15/h1-3H,4H2. The number of hydrogen-bond donors (Lipinski definition) is 0. The molecule has 1 aromatic rings. The van der Waals surface area contributed by atoms with Crippen LogP contribution in [0, 0.1) is 0 Å².